The van der Waals surface area contributed by atoms with Gasteiger partial charge in [-0.3, -0.25) is 9.59 Å². The van der Waals surface area contributed by atoms with Crippen LogP contribution in [0.5, 0.6) is 5.75 Å². The van der Waals surface area contributed by atoms with Crippen LogP contribution in [0.1, 0.15) is 46.8 Å². The van der Waals surface area contributed by atoms with Crippen molar-refractivity contribution in [3.05, 3.63) is 99.5 Å². The van der Waals surface area contributed by atoms with Crippen molar-refractivity contribution in [1.29, 1.82) is 0 Å². The molecule has 0 radical (unpaired) electrons. The summed E-state index contributed by atoms with van der Waals surface area (Å²) in [5, 5.41) is 0. The molecule has 5 nitrogen and oxygen atoms in total. The maximum absolute atomic E-state index is 13.2. The molecule has 0 heterocycles. The van der Waals surface area contributed by atoms with Gasteiger partial charge in [-0.2, -0.15) is 0 Å². The van der Waals surface area contributed by atoms with Crippen LogP contribution in [0.15, 0.2) is 77.3 Å². The first-order valence-corrected chi connectivity index (χ1v) is 12.3. The van der Waals surface area contributed by atoms with Gasteiger partial charge in [0, 0.05) is 22.6 Å². The molecule has 0 atom stereocenters. The SMILES string of the molecule is CCOC(=O)Cc1ccc(OCc2ccccc2CN(C(=O)c2ccc(Br)cc2)C2CC2)cc1. The second-order valence-corrected chi connectivity index (χ2v) is 9.27. The van der Waals surface area contributed by atoms with E-state index in [2.05, 4.69) is 22.0 Å². The zero-order valence-corrected chi connectivity index (χ0v) is 20.8. The highest BCUT2D eigenvalue weighted by atomic mass is 79.9. The summed E-state index contributed by atoms with van der Waals surface area (Å²) in [7, 11) is 0. The number of carbonyl (C=O) groups excluding carboxylic acids is 2. The molecule has 1 aliphatic carbocycles. The normalized spacial score (nSPS) is 12.8. The minimum Gasteiger partial charge on any atom is -0.489 e. The van der Waals surface area contributed by atoms with Crippen molar-refractivity contribution < 1.29 is 19.1 Å². The number of benzene rings is 3. The molecule has 3 aromatic rings. The fourth-order valence-corrected chi connectivity index (χ4v) is 4.05. The van der Waals surface area contributed by atoms with Crippen molar-refractivity contribution in [2.75, 3.05) is 6.61 Å². The molecule has 34 heavy (non-hydrogen) atoms. The Morgan fingerprint density at radius 2 is 1.62 bits per heavy atom. The quantitative estimate of drug-likeness (QED) is 0.310. The summed E-state index contributed by atoms with van der Waals surface area (Å²) in [5.41, 5.74) is 3.72. The lowest BCUT2D eigenvalue weighted by Crippen LogP contribution is -2.33. The Balaban J connectivity index is 1.41. The summed E-state index contributed by atoms with van der Waals surface area (Å²) >= 11 is 3.43. The number of ether oxygens (including phenoxy) is 2. The second-order valence-electron chi connectivity index (χ2n) is 8.35. The third-order valence-corrected chi connectivity index (χ3v) is 6.30. The predicted molar refractivity (Wildman–Crippen MR) is 135 cm³/mol. The minimum absolute atomic E-state index is 0.0582. The van der Waals surface area contributed by atoms with Crippen LogP contribution >= 0.6 is 15.9 Å². The number of hydrogen-bond donors (Lipinski definition) is 0. The first kappa shape index (κ1) is 24.0. The third-order valence-electron chi connectivity index (χ3n) is 5.77. The Morgan fingerprint density at radius 1 is 0.941 bits per heavy atom. The molecule has 1 amide bonds. The maximum atomic E-state index is 13.2. The van der Waals surface area contributed by atoms with E-state index in [4.69, 9.17) is 9.47 Å². The number of nitrogens with zero attached hydrogens (tertiary/aromatic N) is 1. The lowest BCUT2D eigenvalue weighted by molar-refractivity contribution is -0.142. The van der Waals surface area contributed by atoms with Crippen LogP contribution in [0.4, 0.5) is 0 Å². The smallest absolute Gasteiger partial charge is 0.310 e. The van der Waals surface area contributed by atoms with Crippen LogP contribution in [0, 0.1) is 0 Å². The van der Waals surface area contributed by atoms with E-state index in [-0.39, 0.29) is 24.3 Å². The van der Waals surface area contributed by atoms with E-state index in [1.807, 2.05) is 71.6 Å². The van der Waals surface area contributed by atoms with Gasteiger partial charge in [-0.05, 0) is 72.9 Å². The molecule has 0 bridgehead atoms. The molecule has 0 spiro atoms. The molecule has 6 heteroatoms. The number of hydrogen-bond acceptors (Lipinski definition) is 4. The van der Waals surface area contributed by atoms with Crippen LogP contribution in [0.2, 0.25) is 0 Å². The molecule has 1 aliphatic rings. The fraction of sp³-hybridized carbons (Fsp3) is 0.286. The zero-order valence-electron chi connectivity index (χ0n) is 19.2. The van der Waals surface area contributed by atoms with E-state index < -0.39 is 0 Å². The number of amides is 1. The topological polar surface area (TPSA) is 55.8 Å². The summed E-state index contributed by atoms with van der Waals surface area (Å²) in [4.78, 5) is 26.9. The van der Waals surface area contributed by atoms with E-state index in [1.165, 1.54) is 0 Å². The average Bonchev–Trinajstić information content (AvgIpc) is 3.68. The van der Waals surface area contributed by atoms with E-state index in [1.54, 1.807) is 6.92 Å². The average molecular weight is 522 g/mol. The highest BCUT2D eigenvalue weighted by molar-refractivity contribution is 9.10. The molecule has 0 aliphatic heterocycles. The highest BCUT2D eigenvalue weighted by Gasteiger charge is 2.33. The number of esters is 1. The molecule has 0 unspecified atom stereocenters. The van der Waals surface area contributed by atoms with Gasteiger partial charge in [0.25, 0.3) is 5.91 Å². The van der Waals surface area contributed by atoms with Crippen LogP contribution in [0.3, 0.4) is 0 Å². The van der Waals surface area contributed by atoms with Crippen molar-refractivity contribution in [3.63, 3.8) is 0 Å². The van der Waals surface area contributed by atoms with Gasteiger partial charge in [-0.25, -0.2) is 0 Å². The summed E-state index contributed by atoms with van der Waals surface area (Å²) in [6, 6.07) is 23.4. The lowest BCUT2D eigenvalue weighted by atomic mass is 10.1. The Bertz CT molecular complexity index is 1120. The molecular weight excluding hydrogens is 494 g/mol. The van der Waals surface area contributed by atoms with Crippen LogP contribution in [-0.2, 0) is 29.1 Å². The first-order chi connectivity index (χ1) is 16.5. The monoisotopic (exact) mass is 521 g/mol. The minimum atomic E-state index is -0.233. The third kappa shape index (κ3) is 6.48. The molecule has 176 valence electrons. The molecule has 0 N–H and O–H groups in total. The predicted octanol–water partition coefficient (Wildman–Crippen LogP) is 5.94. The number of halogens is 1. The van der Waals surface area contributed by atoms with Gasteiger partial charge in [0.1, 0.15) is 12.4 Å². The molecule has 0 aromatic heterocycles. The van der Waals surface area contributed by atoms with Crippen LogP contribution < -0.4 is 4.74 Å². The zero-order chi connectivity index (χ0) is 23.9. The molecular formula is C28H28BrNO4. The molecule has 1 saturated carbocycles. The van der Waals surface area contributed by atoms with Gasteiger partial charge in [-0.15, -0.1) is 0 Å². The van der Waals surface area contributed by atoms with Crippen molar-refractivity contribution in [1.82, 2.24) is 4.90 Å². The summed E-state index contributed by atoms with van der Waals surface area (Å²) in [6.07, 6.45) is 2.33. The van der Waals surface area contributed by atoms with Gasteiger partial charge in [0.15, 0.2) is 0 Å². The first-order valence-electron chi connectivity index (χ1n) is 11.5. The van der Waals surface area contributed by atoms with Gasteiger partial charge in [0.2, 0.25) is 0 Å². The largest absolute Gasteiger partial charge is 0.489 e. The van der Waals surface area contributed by atoms with Gasteiger partial charge >= 0.3 is 5.97 Å². The summed E-state index contributed by atoms with van der Waals surface area (Å²) in [5.74, 6) is 0.554. The van der Waals surface area contributed by atoms with Gasteiger partial charge < -0.3 is 14.4 Å². The van der Waals surface area contributed by atoms with Gasteiger partial charge in [0.05, 0.1) is 13.0 Å². The van der Waals surface area contributed by atoms with Gasteiger partial charge in [-0.1, -0.05) is 52.3 Å². The molecule has 4 rings (SSSR count). The van der Waals surface area contributed by atoms with Crippen molar-refractivity contribution in [2.45, 2.75) is 45.4 Å². The number of carbonyl (C=O) groups is 2. The maximum Gasteiger partial charge on any atom is 0.310 e. The van der Waals surface area contributed by atoms with E-state index in [9.17, 15) is 9.59 Å². The van der Waals surface area contributed by atoms with E-state index >= 15 is 0 Å². The standard InChI is InChI=1S/C28H28BrNO4/c1-2-33-27(31)17-20-7-15-26(16-8-20)34-19-23-6-4-3-5-22(23)18-30(25-13-14-25)28(32)21-9-11-24(29)12-10-21/h3-12,15-16,25H,2,13-14,17-19H2,1H3. The van der Waals surface area contributed by atoms with Crippen molar-refractivity contribution in [2.24, 2.45) is 0 Å². The summed E-state index contributed by atoms with van der Waals surface area (Å²) in [6.45, 7) is 3.13. The van der Waals surface area contributed by atoms with E-state index in [0.717, 1.165) is 39.8 Å². The van der Waals surface area contributed by atoms with Crippen LogP contribution in [-0.4, -0.2) is 29.4 Å². The van der Waals surface area contributed by atoms with Crippen molar-refractivity contribution >= 4 is 27.8 Å². The summed E-state index contributed by atoms with van der Waals surface area (Å²) < 4.78 is 12.0. The Hall–Kier alpha value is -3.12. The Labute approximate surface area is 208 Å². The van der Waals surface area contributed by atoms with Crippen LogP contribution in [0.25, 0.3) is 0 Å². The molecule has 1 fully saturated rings. The Kier molecular flexibility index (Phi) is 8.01. The lowest BCUT2D eigenvalue weighted by Gasteiger charge is -2.24. The molecule has 0 saturated heterocycles. The van der Waals surface area contributed by atoms with E-state index in [0.29, 0.717) is 25.3 Å². The highest BCUT2D eigenvalue weighted by Crippen LogP contribution is 2.31. The second kappa shape index (κ2) is 11.3. The fourth-order valence-electron chi connectivity index (χ4n) is 3.79. The van der Waals surface area contributed by atoms with Crippen molar-refractivity contribution in [3.8, 4) is 5.75 Å². The molecule has 3 aromatic carbocycles. The number of rotatable bonds is 10. The Morgan fingerprint density at radius 3 is 2.26 bits per heavy atom.